The summed E-state index contributed by atoms with van der Waals surface area (Å²) >= 11 is 6.21. The molecular formula is C23H18ClF2N5O. The minimum absolute atomic E-state index is 0.114. The van der Waals surface area contributed by atoms with Crippen LogP contribution in [0.25, 0.3) is 16.9 Å². The number of anilines is 1. The zero-order valence-electron chi connectivity index (χ0n) is 16.9. The molecule has 1 fully saturated rings. The predicted molar refractivity (Wildman–Crippen MR) is 118 cm³/mol. The fourth-order valence-corrected chi connectivity index (χ4v) is 4.14. The molecule has 4 aromatic rings. The van der Waals surface area contributed by atoms with E-state index in [0.29, 0.717) is 48.4 Å². The average Bonchev–Trinajstić information content (AvgIpc) is 3.19. The SMILES string of the molecule is O=C(c1cn(-c2ncccn2)c2cc(Cl)ccc12)N1CCN(c2ccc(F)c(F)c2)CC1. The van der Waals surface area contributed by atoms with Gasteiger partial charge in [-0.1, -0.05) is 17.7 Å². The summed E-state index contributed by atoms with van der Waals surface area (Å²) in [5.41, 5.74) is 1.88. The van der Waals surface area contributed by atoms with E-state index < -0.39 is 11.6 Å². The Morgan fingerprint density at radius 3 is 2.41 bits per heavy atom. The second kappa shape index (κ2) is 8.20. The van der Waals surface area contributed by atoms with Crippen LogP contribution in [0.5, 0.6) is 0 Å². The molecule has 1 aliphatic heterocycles. The Morgan fingerprint density at radius 1 is 0.938 bits per heavy atom. The first kappa shape index (κ1) is 20.4. The number of carbonyl (C=O) groups excluding carboxylic acids is 1. The van der Waals surface area contributed by atoms with Crippen molar-refractivity contribution in [3.63, 3.8) is 0 Å². The van der Waals surface area contributed by atoms with E-state index in [-0.39, 0.29) is 5.91 Å². The molecule has 0 saturated carbocycles. The topological polar surface area (TPSA) is 54.3 Å². The third-order valence-corrected chi connectivity index (χ3v) is 5.84. The molecule has 5 rings (SSSR count). The lowest BCUT2D eigenvalue weighted by atomic mass is 10.1. The van der Waals surface area contributed by atoms with Crippen molar-refractivity contribution in [3.05, 3.63) is 83.3 Å². The Balaban J connectivity index is 1.41. The van der Waals surface area contributed by atoms with Gasteiger partial charge in [0.05, 0.1) is 11.1 Å². The Morgan fingerprint density at radius 2 is 1.69 bits per heavy atom. The first-order valence-corrected chi connectivity index (χ1v) is 10.5. The number of nitrogens with zero attached hydrogens (tertiary/aromatic N) is 5. The van der Waals surface area contributed by atoms with Gasteiger partial charge in [-0.3, -0.25) is 9.36 Å². The van der Waals surface area contributed by atoms with E-state index in [1.54, 1.807) is 52.3 Å². The molecule has 1 aliphatic rings. The van der Waals surface area contributed by atoms with Crippen molar-refractivity contribution in [2.45, 2.75) is 0 Å². The number of halogens is 3. The summed E-state index contributed by atoms with van der Waals surface area (Å²) < 4.78 is 28.6. The summed E-state index contributed by atoms with van der Waals surface area (Å²) in [5.74, 6) is -1.42. The van der Waals surface area contributed by atoms with Gasteiger partial charge in [0.25, 0.3) is 5.91 Å². The van der Waals surface area contributed by atoms with Crippen LogP contribution < -0.4 is 4.90 Å². The van der Waals surface area contributed by atoms with E-state index >= 15 is 0 Å². The highest BCUT2D eigenvalue weighted by Crippen LogP contribution is 2.28. The van der Waals surface area contributed by atoms with E-state index in [1.165, 1.54) is 6.07 Å². The first-order valence-electron chi connectivity index (χ1n) is 10.1. The van der Waals surface area contributed by atoms with Crippen molar-refractivity contribution in [1.29, 1.82) is 0 Å². The molecule has 3 heterocycles. The Hall–Kier alpha value is -3.52. The second-order valence-corrected chi connectivity index (χ2v) is 7.94. The van der Waals surface area contributed by atoms with E-state index in [1.807, 2.05) is 11.0 Å². The minimum atomic E-state index is -0.879. The Kier molecular flexibility index (Phi) is 5.22. The highest BCUT2D eigenvalue weighted by atomic mass is 35.5. The summed E-state index contributed by atoms with van der Waals surface area (Å²) in [7, 11) is 0. The quantitative estimate of drug-likeness (QED) is 0.464. The number of rotatable bonds is 3. The van der Waals surface area contributed by atoms with Gasteiger partial charge >= 0.3 is 0 Å². The first-order chi connectivity index (χ1) is 15.5. The molecule has 9 heteroatoms. The predicted octanol–water partition coefficient (Wildman–Crippen LogP) is 4.31. The van der Waals surface area contributed by atoms with Crippen molar-refractivity contribution in [1.82, 2.24) is 19.4 Å². The molecule has 0 unspecified atom stereocenters. The van der Waals surface area contributed by atoms with Gasteiger partial charge in [-0.05, 0) is 30.3 Å². The maximum Gasteiger partial charge on any atom is 0.256 e. The van der Waals surface area contributed by atoms with Crippen LogP contribution in [0.15, 0.2) is 61.1 Å². The van der Waals surface area contributed by atoms with Gasteiger partial charge in [-0.2, -0.15) is 0 Å². The summed E-state index contributed by atoms with van der Waals surface area (Å²) in [6.07, 6.45) is 5.01. The van der Waals surface area contributed by atoms with Crippen molar-refractivity contribution in [2.75, 3.05) is 31.1 Å². The number of hydrogen-bond donors (Lipinski definition) is 0. The highest BCUT2D eigenvalue weighted by molar-refractivity contribution is 6.31. The normalized spacial score (nSPS) is 14.2. The van der Waals surface area contributed by atoms with Crippen LogP contribution in [-0.2, 0) is 0 Å². The number of fused-ring (bicyclic) bond motifs is 1. The van der Waals surface area contributed by atoms with E-state index in [4.69, 9.17) is 11.6 Å². The molecule has 2 aromatic heterocycles. The van der Waals surface area contributed by atoms with E-state index in [0.717, 1.165) is 17.0 Å². The van der Waals surface area contributed by atoms with Gasteiger partial charge in [-0.15, -0.1) is 0 Å². The fourth-order valence-electron chi connectivity index (χ4n) is 3.97. The third kappa shape index (κ3) is 3.67. The summed E-state index contributed by atoms with van der Waals surface area (Å²) in [6, 6.07) is 10.9. The number of carbonyl (C=O) groups is 1. The molecule has 162 valence electrons. The standard InChI is InChI=1S/C23H18ClF2N5O/c24-15-2-4-17-18(14-31(21(17)12-15)23-27-6-1-7-28-23)22(32)30-10-8-29(9-11-30)16-3-5-19(25)20(26)13-16/h1-7,12-14H,8-11H2. The largest absolute Gasteiger partial charge is 0.368 e. The lowest BCUT2D eigenvalue weighted by molar-refractivity contribution is 0.0748. The zero-order valence-corrected chi connectivity index (χ0v) is 17.6. The maximum atomic E-state index is 13.6. The van der Waals surface area contributed by atoms with Crippen LogP contribution in [-0.4, -0.2) is 51.5 Å². The molecular weight excluding hydrogens is 436 g/mol. The lowest BCUT2D eigenvalue weighted by Gasteiger charge is -2.36. The van der Waals surface area contributed by atoms with Crippen LogP contribution >= 0.6 is 11.6 Å². The van der Waals surface area contributed by atoms with Crippen LogP contribution in [0, 0.1) is 11.6 Å². The van der Waals surface area contributed by atoms with Gasteiger partial charge in [0.15, 0.2) is 11.6 Å². The lowest BCUT2D eigenvalue weighted by Crippen LogP contribution is -2.48. The second-order valence-electron chi connectivity index (χ2n) is 7.50. The van der Waals surface area contributed by atoms with Crippen molar-refractivity contribution in [3.8, 4) is 5.95 Å². The summed E-state index contributed by atoms with van der Waals surface area (Å²) in [5, 5.41) is 1.31. The molecule has 0 N–H and O–H groups in total. The average molecular weight is 454 g/mol. The summed E-state index contributed by atoms with van der Waals surface area (Å²) in [6.45, 7) is 1.95. The number of benzene rings is 2. The van der Waals surface area contributed by atoms with Crippen molar-refractivity contribution in [2.24, 2.45) is 0 Å². The molecule has 1 saturated heterocycles. The zero-order chi connectivity index (χ0) is 22.2. The van der Waals surface area contributed by atoms with Crippen LogP contribution in [0.1, 0.15) is 10.4 Å². The van der Waals surface area contributed by atoms with Crippen LogP contribution in [0.4, 0.5) is 14.5 Å². The number of amides is 1. The van der Waals surface area contributed by atoms with Crippen LogP contribution in [0.3, 0.4) is 0 Å². The van der Waals surface area contributed by atoms with E-state index in [2.05, 4.69) is 9.97 Å². The van der Waals surface area contributed by atoms with Crippen molar-refractivity contribution >= 4 is 34.1 Å². The van der Waals surface area contributed by atoms with Crippen LogP contribution in [0.2, 0.25) is 5.02 Å². The fraction of sp³-hybridized carbons (Fsp3) is 0.174. The number of hydrogen-bond acceptors (Lipinski definition) is 4. The molecule has 0 aliphatic carbocycles. The molecule has 0 radical (unpaired) electrons. The molecule has 0 atom stereocenters. The smallest absolute Gasteiger partial charge is 0.256 e. The molecule has 0 spiro atoms. The maximum absolute atomic E-state index is 13.6. The molecule has 2 aromatic carbocycles. The Labute approximate surface area is 187 Å². The monoisotopic (exact) mass is 453 g/mol. The van der Waals surface area contributed by atoms with Gasteiger partial charge in [0.1, 0.15) is 0 Å². The molecule has 1 amide bonds. The summed E-state index contributed by atoms with van der Waals surface area (Å²) in [4.78, 5) is 25.7. The molecule has 6 nitrogen and oxygen atoms in total. The highest BCUT2D eigenvalue weighted by Gasteiger charge is 2.26. The number of aromatic nitrogens is 3. The van der Waals surface area contributed by atoms with E-state index in [9.17, 15) is 13.6 Å². The number of piperazine rings is 1. The van der Waals surface area contributed by atoms with Gasteiger partial charge in [0.2, 0.25) is 5.95 Å². The molecule has 0 bridgehead atoms. The Bertz CT molecular complexity index is 1300. The van der Waals surface area contributed by atoms with Gasteiger partial charge in [-0.25, -0.2) is 18.7 Å². The van der Waals surface area contributed by atoms with Crippen molar-refractivity contribution < 1.29 is 13.6 Å². The van der Waals surface area contributed by atoms with Gasteiger partial charge in [0, 0.05) is 66.9 Å². The van der Waals surface area contributed by atoms with Gasteiger partial charge < -0.3 is 9.80 Å². The minimum Gasteiger partial charge on any atom is -0.368 e. The third-order valence-electron chi connectivity index (χ3n) is 5.60. The molecule has 32 heavy (non-hydrogen) atoms.